The SMILES string of the molecule is O=c1c2cc(C(O)N3CCSCC3)ccc2c2cnc(NCC3CC3)nc2n1C1CCC(O)CC1. The molecule has 3 aromatic rings. The summed E-state index contributed by atoms with van der Waals surface area (Å²) in [5.74, 6) is 3.26. The number of fused-ring (bicyclic) bond motifs is 3. The molecule has 1 aromatic carbocycles. The Labute approximate surface area is 208 Å². The predicted octanol–water partition coefficient (Wildman–Crippen LogP) is 3.28. The Bertz CT molecular complexity index is 1280. The first-order valence-corrected chi connectivity index (χ1v) is 14.0. The Balaban J connectivity index is 1.46. The van der Waals surface area contributed by atoms with Gasteiger partial charge in [-0.25, -0.2) is 4.98 Å². The largest absolute Gasteiger partial charge is 0.393 e. The lowest BCUT2D eigenvalue weighted by atomic mass is 9.92. The number of aliphatic hydroxyl groups is 2. The second-order valence-corrected chi connectivity index (χ2v) is 11.4. The number of aliphatic hydroxyl groups excluding tert-OH is 2. The number of nitrogens with one attached hydrogen (secondary N) is 1. The lowest BCUT2D eigenvalue weighted by Crippen LogP contribution is -2.36. The molecule has 0 amide bonds. The van der Waals surface area contributed by atoms with Crippen molar-refractivity contribution < 1.29 is 10.2 Å². The maximum absolute atomic E-state index is 14.0. The Morgan fingerprint density at radius 2 is 1.83 bits per heavy atom. The fraction of sp³-hybridized carbons (Fsp3) is 0.577. The number of nitrogens with zero attached hydrogens (tertiary/aromatic N) is 4. The van der Waals surface area contributed by atoms with E-state index in [9.17, 15) is 15.0 Å². The molecule has 0 bridgehead atoms. The normalized spacial score (nSPS) is 24.6. The van der Waals surface area contributed by atoms with Crippen LogP contribution in [-0.4, -0.2) is 66.9 Å². The van der Waals surface area contributed by atoms with Crippen LogP contribution in [0.25, 0.3) is 21.8 Å². The summed E-state index contributed by atoms with van der Waals surface area (Å²) in [5.41, 5.74) is 1.32. The maximum Gasteiger partial charge on any atom is 0.260 e. The molecule has 1 saturated heterocycles. The predicted molar refractivity (Wildman–Crippen MR) is 140 cm³/mol. The quantitative estimate of drug-likeness (QED) is 0.448. The smallest absolute Gasteiger partial charge is 0.260 e. The zero-order valence-electron chi connectivity index (χ0n) is 19.9. The van der Waals surface area contributed by atoms with Crippen LogP contribution in [0.3, 0.4) is 0 Å². The highest BCUT2D eigenvalue weighted by molar-refractivity contribution is 7.99. The van der Waals surface area contributed by atoms with E-state index in [1.54, 1.807) is 0 Å². The Kier molecular flexibility index (Phi) is 6.43. The van der Waals surface area contributed by atoms with Crippen LogP contribution in [0.5, 0.6) is 0 Å². The van der Waals surface area contributed by atoms with Gasteiger partial charge in [0.1, 0.15) is 11.9 Å². The zero-order chi connectivity index (χ0) is 23.9. The fourth-order valence-corrected chi connectivity index (χ4v) is 6.37. The summed E-state index contributed by atoms with van der Waals surface area (Å²) in [4.78, 5) is 25.5. The number of aromatic nitrogens is 3. The first-order valence-electron chi connectivity index (χ1n) is 12.8. The molecule has 9 heteroatoms. The molecule has 2 aromatic heterocycles. The average molecular weight is 496 g/mol. The van der Waals surface area contributed by atoms with Crippen LogP contribution < -0.4 is 10.9 Å². The van der Waals surface area contributed by atoms with Crippen molar-refractivity contribution >= 4 is 39.5 Å². The molecule has 1 unspecified atom stereocenters. The van der Waals surface area contributed by atoms with E-state index in [4.69, 9.17) is 4.98 Å². The van der Waals surface area contributed by atoms with Crippen LogP contribution in [0.15, 0.2) is 29.2 Å². The molecular formula is C26H33N5O3S. The van der Waals surface area contributed by atoms with Crippen molar-refractivity contribution in [1.82, 2.24) is 19.4 Å². The molecule has 3 aliphatic rings. The van der Waals surface area contributed by atoms with Crippen molar-refractivity contribution in [2.24, 2.45) is 5.92 Å². The molecule has 0 radical (unpaired) electrons. The third-order valence-electron chi connectivity index (χ3n) is 7.75. The van der Waals surface area contributed by atoms with Crippen molar-refractivity contribution in [1.29, 1.82) is 0 Å². The number of hydrogen-bond donors (Lipinski definition) is 3. The van der Waals surface area contributed by atoms with Crippen LogP contribution >= 0.6 is 11.8 Å². The summed E-state index contributed by atoms with van der Waals surface area (Å²) in [6.45, 7) is 2.52. The van der Waals surface area contributed by atoms with Gasteiger partial charge in [0.15, 0.2) is 0 Å². The molecule has 35 heavy (non-hydrogen) atoms. The second kappa shape index (κ2) is 9.69. The highest BCUT2D eigenvalue weighted by Crippen LogP contribution is 2.33. The summed E-state index contributed by atoms with van der Waals surface area (Å²) in [5, 5.41) is 26.7. The van der Waals surface area contributed by atoms with Crippen LogP contribution in [-0.2, 0) is 0 Å². The number of rotatable bonds is 6. The van der Waals surface area contributed by atoms with E-state index in [0.29, 0.717) is 35.7 Å². The molecule has 186 valence electrons. The molecule has 0 spiro atoms. The van der Waals surface area contributed by atoms with E-state index in [-0.39, 0.29) is 17.7 Å². The molecule has 2 saturated carbocycles. The van der Waals surface area contributed by atoms with E-state index in [1.165, 1.54) is 12.8 Å². The Morgan fingerprint density at radius 3 is 2.57 bits per heavy atom. The fourth-order valence-electron chi connectivity index (χ4n) is 5.44. The van der Waals surface area contributed by atoms with Crippen molar-refractivity contribution in [3.63, 3.8) is 0 Å². The van der Waals surface area contributed by atoms with Gasteiger partial charge in [-0.15, -0.1) is 0 Å². The molecular weight excluding hydrogens is 462 g/mol. The zero-order valence-corrected chi connectivity index (χ0v) is 20.7. The van der Waals surface area contributed by atoms with E-state index < -0.39 is 6.23 Å². The van der Waals surface area contributed by atoms with Crippen molar-refractivity contribution in [3.8, 4) is 0 Å². The van der Waals surface area contributed by atoms with Crippen LogP contribution in [0, 0.1) is 5.92 Å². The molecule has 3 N–H and O–H groups in total. The van der Waals surface area contributed by atoms with Gasteiger partial charge in [0.2, 0.25) is 5.95 Å². The highest BCUT2D eigenvalue weighted by atomic mass is 32.2. The van der Waals surface area contributed by atoms with Crippen molar-refractivity contribution in [3.05, 3.63) is 40.3 Å². The average Bonchev–Trinajstić information content (AvgIpc) is 3.73. The van der Waals surface area contributed by atoms with Gasteiger partial charge >= 0.3 is 0 Å². The molecule has 1 aliphatic heterocycles. The number of anilines is 1. The van der Waals surface area contributed by atoms with Gasteiger partial charge in [-0.3, -0.25) is 14.3 Å². The lowest BCUT2D eigenvalue weighted by molar-refractivity contribution is 0.00890. The minimum atomic E-state index is -0.723. The van der Waals surface area contributed by atoms with Gasteiger partial charge in [0, 0.05) is 54.2 Å². The molecule has 8 nitrogen and oxygen atoms in total. The third-order valence-corrected chi connectivity index (χ3v) is 8.69. The maximum atomic E-state index is 14.0. The summed E-state index contributed by atoms with van der Waals surface area (Å²) in [6, 6.07) is 5.70. The van der Waals surface area contributed by atoms with E-state index in [2.05, 4.69) is 15.2 Å². The van der Waals surface area contributed by atoms with Gasteiger partial charge in [0.25, 0.3) is 5.56 Å². The second-order valence-electron chi connectivity index (χ2n) is 10.2. The summed E-state index contributed by atoms with van der Waals surface area (Å²) < 4.78 is 1.83. The first-order chi connectivity index (χ1) is 17.1. The monoisotopic (exact) mass is 495 g/mol. The molecule has 3 fully saturated rings. The molecule has 2 aliphatic carbocycles. The standard InChI is InChI=1S/C26H33N5O3S/c32-19-6-4-18(5-7-19)31-23-22(15-28-26(29-23)27-14-16-1-2-16)20-8-3-17(13-21(20)25(31)34)24(33)30-9-11-35-12-10-30/h3,8,13,15-16,18-19,24,32-33H,1-2,4-7,9-12,14H2,(H,27,28,29). The van der Waals surface area contributed by atoms with Crippen molar-refractivity contribution in [2.75, 3.05) is 36.5 Å². The molecule has 3 heterocycles. The number of thioether (sulfide) groups is 1. The number of hydrogen-bond acceptors (Lipinski definition) is 8. The van der Waals surface area contributed by atoms with Crippen LogP contribution in [0.2, 0.25) is 0 Å². The minimum Gasteiger partial charge on any atom is -0.393 e. The molecule has 1 atom stereocenters. The third kappa shape index (κ3) is 4.67. The van der Waals surface area contributed by atoms with Gasteiger partial charge in [0.05, 0.1) is 6.10 Å². The van der Waals surface area contributed by atoms with Crippen LogP contribution in [0.4, 0.5) is 5.95 Å². The lowest BCUT2D eigenvalue weighted by Gasteiger charge is -2.31. The number of benzene rings is 1. The highest BCUT2D eigenvalue weighted by Gasteiger charge is 2.27. The summed E-state index contributed by atoms with van der Waals surface area (Å²) in [6.07, 6.45) is 6.12. The van der Waals surface area contributed by atoms with Gasteiger partial charge in [-0.2, -0.15) is 16.7 Å². The Hall–Kier alpha value is -2.20. The van der Waals surface area contributed by atoms with Gasteiger partial charge in [-0.05, 0) is 61.5 Å². The summed E-state index contributed by atoms with van der Waals surface area (Å²) >= 11 is 1.90. The first kappa shape index (κ1) is 23.2. The van der Waals surface area contributed by atoms with Crippen molar-refractivity contribution in [2.45, 2.75) is 56.9 Å². The number of pyridine rings is 1. The summed E-state index contributed by atoms with van der Waals surface area (Å²) in [7, 11) is 0. The van der Waals surface area contributed by atoms with Gasteiger partial charge < -0.3 is 15.5 Å². The Morgan fingerprint density at radius 1 is 1.06 bits per heavy atom. The topological polar surface area (TPSA) is 104 Å². The minimum absolute atomic E-state index is 0.0170. The van der Waals surface area contributed by atoms with E-state index in [1.807, 2.05) is 40.7 Å². The van der Waals surface area contributed by atoms with E-state index >= 15 is 0 Å². The van der Waals surface area contributed by atoms with Crippen LogP contribution in [0.1, 0.15) is 56.4 Å². The molecule has 6 rings (SSSR count). The van der Waals surface area contributed by atoms with Gasteiger partial charge in [-0.1, -0.05) is 12.1 Å². The van der Waals surface area contributed by atoms with E-state index in [0.717, 1.165) is 60.3 Å².